The Morgan fingerprint density at radius 1 is 0.853 bits per heavy atom. The summed E-state index contributed by atoms with van der Waals surface area (Å²) in [4.78, 5) is 28.2. The largest absolute Gasteiger partial charge is 0.481 e. The first-order valence-electron chi connectivity index (χ1n) is 12.7. The lowest BCUT2D eigenvalue weighted by molar-refractivity contribution is -0.138. The van der Waals surface area contributed by atoms with Crippen LogP contribution < -0.4 is 10.2 Å². The predicted molar refractivity (Wildman–Crippen MR) is 142 cm³/mol. The average Bonchev–Trinajstić information content (AvgIpc) is 2.83. The van der Waals surface area contributed by atoms with Crippen LogP contribution in [0.3, 0.4) is 0 Å². The number of amides is 2. The molecule has 34 heavy (non-hydrogen) atoms. The van der Waals surface area contributed by atoms with Gasteiger partial charge >= 0.3 is 12.0 Å². The highest BCUT2D eigenvalue weighted by Crippen LogP contribution is 2.31. The summed E-state index contributed by atoms with van der Waals surface area (Å²) in [5.74, 6) is -1.25. The molecule has 2 aromatic rings. The molecule has 0 aliphatic rings. The van der Waals surface area contributed by atoms with Gasteiger partial charge in [0.2, 0.25) is 0 Å². The Labute approximate surface area is 209 Å². The molecule has 2 rings (SSSR count). The maximum Gasteiger partial charge on any atom is 0.321 e. The summed E-state index contributed by atoms with van der Waals surface area (Å²) in [7, 11) is 0. The number of nitrogens with zero attached hydrogens (tertiary/aromatic N) is 1. The summed E-state index contributed by atoms with van der Waals surface area (Å²) in [5.41, 5.74) is 1.75. The van der Waals surface area contributed by atoms with E-state index >= 15 is 0 Å². The molecule has 1 atom stereocenters. The van der Waals surface area contributed by atoms with Crippen LogP contribution in [0.1, 0.15) is 83.6 Å². The van der Waals surface area contributed by atoms with E-state index < -0.39 is 11.9 Å². The van der Waals surface area contributed by atoms with Crippen molar-refractivity contribution in [3.05, 3.63) is 54.1 Å². The molecule has 2 amide bonds. The van der Waals surface area contributed by atoms with Crippen molar-refractivity contribution in [3.63, 3.8) is 0 Å². The second-order valence-corrected chi connectivity index (χ2v) is 9.76. The third kappa shape index (κ3) is 9.05. The second-order valence-electron chi connectivity index (χ2n) is 8.62. The van der Waals surface area contributed by atoms with Crippen molar-refractivity contribution in [3.8, 4) is 0 Å². The highest BCUT2D eigenvalue weighted by molar-refractivity contribution is 7.99. The van der Waals surface area contributed by atoms with Gasteiger partial charge in [-0.05, 0) is 61.2 Å². The molecule has 2 N–H and O–H groups in total. The lowest BCUT2D eigenvalue weighted by Crippen LogP contribution is -2.41. The summed E-state index contributed by atoms with van der Waals surface area (Å²) < 4.78 is 0. The number of nitrogens with one attached hydrogen (secondary N) is 1. The minimum absolute atomic E-state index is 0.0242. The van der Waals surface area contributed by atoms with Crippen molar-refractivity contribution in [2.45, 2.75) is 87.8 Å². The lowest BCUT2D eigenvalue weighted by Gasteiger charge is -2.23. The third-order valence-corrected chi connectivity index (χ3v) is 6.93. The van der Waals surface area contributed by atoms with Crippen LogP contribution in [0.15, 0.2) is 58.3 Å². The van der Waals surface area contributed by atoms with Gasteiger partial charge < -0.3 is 10.4 Å². The Morgan fingerprint density at radius 2 is 1.44 bits per heavy atom. The molecule has 5 nitrogen and oxygen atoms in total. The van der Waals surface area contributed by atoms with Crippen molar-refractivity contribution in [2.24, 2.45) is 0 Å². The first-order valence-corrected chi connectivity index (χ1v) is 13.5. The monoisotopic (exact) mass is 484 g/mol. The van der Waals surface area contributed by atoms with E-state index in [2.05, 4.69) is 19.2 Å². The number of carboxylic acids is 1. The molecular formula is C28H40N2O3S. The van der Waals surface area contributed by atoms with E-state index in [-0.39, 0.29) is 6.03 Å². The first-order chi connectivity index (χ1) is 16.5. The fourth-order valence-electron chi connectivity index (χ4n) is 3.84. The lowest BCUT2D eigenvalue weighted by atomic mass is 9.97. The molecule has 0 spiro atoms. The summed E-state index contributed by atoms with van der Waals surface area (Å²) in [5, 5.41) is 12.4. The molecule has 0 saturated carbocycles. The Morgan fingerprint density at radius 3 is 2.00 bits per heavy atom. The van der Waals surface area contributed by atoms with E-state index in [1.807, 2.05) is 60.4 Å². The third-order valence-electron chi connectivity index (χ3n) is 5.91. The molecule has 0 radical (unpaired) electrons. The fourth-order valence-corrected chi connectivity index (χ4v) is 4.66. The van der Waals surface area contributed by atoms with Gasteiger partial charge in [0.05, 0.1) is 5.92 Å². The highest BCUT2D eigenvalue weighted by atomic mass is 32.2. The smallest absolute Gasteiger partial charge is 0.321 e. The molecular weight excluding hydrogens is 444 g/mol. The van der Waals surface area contributed by atoms with Gasteiger partial charge in [0.1, 0.15) is 0 Å². The molecule has 0 aromatic heterocycles. The Balaban J connectivity index is 2.04. The Kier molecular flexibility index (Phi) is 12.6. The Hall–Kier alpha value is -2.47. The number of anilines is 1. The second kappa shape index (κ2) is 15.4. The fraction of sp³-hybridized carbons (Fsp3) is 0.500. The average molecular weight is 485 g/mol. The number of carbonyl (C=O) groups is 2. The number of rotatable bonds is 15. The SMILES string of the molecule is CCCCCCCN(C(=O)NCCCC)c1ccc(Sc2ccc(C(CC)C(=O)O)cc2)cc1. The Bertz CT molecular complexity index is 868. The highest BCUT2D eigenvalue weighted by Gasteiger charge is 2.17. The first kappa shape index (κ1) is 27.8. The van der Waals surface area contributed by atoms with Crippen molar-refractivity contribution in [1.29, 1.82) is 0 Å². The zero-order valence-corrected chi connectivity index (χ0v) is 21.7. The standard InChI is InChI=1S/C28H40N2O3S/c1-4-7-9-10-11-21-30(28(33)29-20-8-5-2)23-14-18-25(19-15-23)34-24-16-12-22(13-17-24)26(6-3)27(31)32/h12-19,26H,4-11,20-21H2,1-3H3,(H,29,33)(H,31,32). The normalized spacial score (nSPS) is 11.7. The number of carboxylic acid groups (broad SMARTS) is 1. The van der Waals surface area contributed by atoms with Crippen LogP contribution in [0.5, 0.6) is 0 Å². The molecule has 186 valence electrons. The summed E-state index contributed by atoms with van der Waals surface area (Å²) in [6.07, 6.45) is 8.41. The van der Waals surface area contributed by atoms with Crippen molar-refractivity contribution in [1.82, 2.24) is 5.32 Å². The van der Waals surface area contributed by atoms with Crippen LogP contribution in [0, 0.1) is 0 Å². The minimum Gasteiger partial charge on any atom is -0.481 e. The van der Waals surface area contributed by atoms with E-state index in [9.17, 15) is 14.7 Å². The van der Waals surface area contributed by atoms with Crippen molar-refractivity contribution < 1.29 is 14.7 Å². The van der Waals surface area contributed by atoms with E-state index in [0.29, 0.717) is 13.0 Å². The quantitative estimate of drug-likeness (QED) is 0.254. The van der Waals surface area contributed by atoms with Gasteiger partial charge in [0.15, 0.2) is 0 Å². The van der Waals surface area contributed by atoms with Crippen molar-refractivity contribution in [2.75, 3.05) is 18.0 Å². The zero-order chi connectivity index (χ0) is 24.8. The number of hydrogen-bond acceptors (Lipinski definition) is 3. The summed E-state index contributed by atoms with van der Waals surface area (Å²) >= 11 is 1.63. The molecule has 0 fully saturated rings. The minimum atomic E-state index is -0.785. The van der Waals surface area contributed by atoms with Crippen LogP contribution in [0.2, 0.25) is 0 Å². The van der Waals surface area contributed by atoms with Gasteiger partial charge in [-0.2, -0.15) is 0 Å². The topological polar surface area (TPSA) is 69.6 Å². The maximum absolute atomic E-state index is 12.8. The number of aliphatic carboxylic acids is 1. The van der Waals surface area contributed by atoms with Crippen LogP contribution in [0.4, 0.5) is 10.5 Å². The molecule has 0 bridgehead atoms. The zero-order valence-electron chi connectivity index (χ0n) is 20.9. The summed E-state index contributed by atoms with van der Waals surface area (Å²) in [6, 6.07) is 15.8. The van der Waals surface area contributed by atoms with E-state index in [1.165, 1.54) is 19.3 Å². The molecule has 2 aromatic carbocycles. The van der Waals surface area contributed by atoms with Gasteiger partial charge in [-0.15, -0.1) is 0 Å². The summed E-state index contributed by atoms with van der Waals surface area (Å²) in [6.45, 7) is 7.64. The van der Waals surface area contributed by atoms with Crippen LogP contribution in [-0.2, 0) is 4.79 Å². The van der Waals surface area contributed by atoms with Gasteiger partial charge in [-0.1, -0.05) is 76.8 Å². The van der Waals surface area contributed by atoms with Gasteiger partial charge in [0.25, 0.3) is 0 Å². The number of carbonyl (C=O) groups excluding carboxylic acids is 1. The molecule has 0 aliphatic carbocycles. The van der Waals surface area contributed by atoms with Crippen molar-refractivity contribution >= 4 is 29.4 Å². The van der Waals surface area contributed by atoms with Crippen LogP contribution in [0.25, 0.3) is 0 Å². The number of urea groups is 1. The molecule has 1 unspecified atom stereocenters. The van der Waals surface area contributed by atoms with Crippen LogP contribution >= 0.6 is 11.8 Å². The number of hydrogen-bond donors (Lipinski definition) is 2. The molecule has 0 saturated heterocycles. The van der Waals surface area contributed by atoms with Crippen LogP contribution in [-0.4, -0.2) is 30.2 Å². The van der Waals surface area contributed by atoms with E-state index in [4.69, 9.17) is 0 Å². The number of unbranched alkanes of at least 4 members (excludes halogenated alkanes) is 5. The van der Waals surface area contributed by atoms with E-state index in [0.717, 1.165) is 53.3 Å². The maximum atomic E-state index is 12.8. The molecule has 6 heteroatoms. The molecule has 0 aliphatic heterocycles. The number of benzene rings is 2. The van der Waals surface area contributed by atoms with Gasteiger partial charge in [-0.3, -0.25) is 9.69 Å². The van der Waals surface area contributed by atoms with E-state index in [1.54, 1.807) is 11.8 Å². The predicted octanol–water partition coefficient (Wildman–Crippen LogP) is 7.70. The van der Waals surface area contributed by atoms with Gasteiger partial charge in [-0.25, -0.2) is 4.79 Å². The van der Waals surface area contributed by atoms with Gasteiger partial charge in [0, 0.05) is 28.6 Å². The molecule has 0 heterocycles.